The highest BCUT2D eigenvalue weighted by molar-refractivity contribution is 6.19. The maximum absolute atomic E-state index is 9.14. The molecular weight excluding hydrogens is 230 g/mol. The summed E-state index contributed by atoms with van der Waals surface area (Å²) < 4.78 is 0. The molecular formula is C12H10N5O. The smallest absolute Gasteiger partial charge is 0.189 e. The highest BCUT2D eigenvalue weighted by atomic mass is 16.3. The van der Waals surface area contributed by atoms with E-state index < -0.39 is 0 Å². The first-order chi connectivity index (χ1) is 8.79. The van der Waals surface area contributed by atoms with Crippen molar-refractivity contribution in [3.8, 4) is 0 Å². The summed E-state index contributed by atoms with van der Waals surface area (Å²) in [6, 6.07) is 7.41. The maximum Gasteiger partial charge on any atom is 0.189 e. The molecule has 0 fully saturated rings. The van der Waals surface area contributed by atoms with Gasteiger partial charge in [-0.1, -0.05) is 18.2 Å². The minimum absolute atomic E-state index is 0.0219. The number of anilines is 1. The third-order valence-electron chi connectivity index (χ3n) is 2.72. The molecule has 0 atom stereocenters. The van der Waals surface area contributed by atoms with Gasteiger partial charge in [-0.25, -0.2) is 9.97 Å². The molecule has 0 amide bonds. The van der Waals surface area contributed by atoms with Gasteiger partial charge in [0.25, 0.3) is 0 Å². The summed E-state index contributed by atoms with van der Waals surface area (Å²) in [5.74, 6) is 0.835. The van der Waals surface area contributed by atoms with Crippen LogP contribution in [0.4, 0.5) is 11.6 Å². The number of fused-ring (bicyclic) bond motifs is 1. The number of nitrogens with zero attached hydrogens (tertiary/aromatic N) is 4. The van der Waals surface area contributed by atoms with Gasteiger partial charge >= 0.3 is 0 Å². The van der Waals surface area contributed by atoms with Crippen molar-refractivity contribution in [1.29, 1.82) is 0 Å². The van der Waals surface area contributed by atoms with Crippen LogP contribution in [0.25, 0.3) is 0 Å². The summed E-state index contributed by atoms with van der Waals surface area (Å²) in [5.41, 5.74) is 12.7. The summed E-state index contributed by atoms with van der Waals surface area (Å²) in [7, 11) is 0. The highest BCUT2D eigenvalue weighted by Gasteiger charge is 2.23. The number of hydrogen-bond donors (Lipinski definition) is 2. The van der Waals surface area contributed by atoms with Gasteiger partial charge in [-0.15, -0.1) is 10.5 Å². The lowest BCUT2D eigenvalue weighted by Gasteiger charge is -2.05. The van der Waals surface area contributed by atoms with Gasteiger partial charge < -0.3 is 10.8 Å². The summed E-state index contributed by atoms with van der Waals surface area (Å²) in [6.45, 7) is -0.0219. The average Bonchev–Trinajstić information content (AvgIpc) is 2.84. The quantitative estimate of drug-likeness (QED) is 0.800. The van der Waals surface area contributed by atoms with E-state index in [9.17, 15) is 0 Å². The normalized spacial score (nSPS) is 12.8. The fourth-order valence-corrected chi connectivity index (χ4v) is 1.86. The molecule has 1 radical (unpaired) electrons. The van der Waals surface area contributed by atoms with E-state index in [0.717, 1.165) is 11.1 Å². The van der Waals surface area contributed by atoms with Gasteiger partial charge in [0, 0.05) is 5.56 Å². The van der Waals surface area contributed by atoms with Gasteiger partial charge in [0.2, 0.25) is 0 Å². The van der Waals surface area contributed by atoms with E-state index >= 15 is 0 Å². The number of hydrogen-bond acceptors (Lipinski definition) is 5. The van der Waals surface area contributed by atoms with Gasteiger partial charge in [0.1, 0.15) is 17.9 Å². The second kappa shape index (κ2) is 4.08. The van der Waals surface area contributed by atoms with Crippen LogP contribution in [0.5, 0.6) is 0 Å². The van der Waals surface area contributed by atoms with E-state index in [0.29, 0.717) is 22.9 Å². The van der Waals surface area contributed by atoms with Crippen LogP contribution in [0.1, 0.15) is 16.7 Å². The zero-order valence-corrected chi connectivity index (χ0v) is 9.41. The molecule has 6 heteroatoms. The van der Waals surface area contributed by atoms with E-state index in [4.69, 9.17) is 10.8 Å². The molecule has 2 heterocycles. The largest absolute Gasteiger partial charge is 0.392 e. The topological polar surface area (TPSA) is 98.5 Å². The van der Waals surface area contributed by atoms with Crippen molar-refractivity contribution < 1.29 is 5.11 Å². The molecule has 1 aliphatic heterocycles. The Kier molecular flexibility index (Phi) is 2.42. The van der Waals surface area contributed by atoms with Crippen molar-refractivity contribution in [2.75, 3.05) is 5.73 Å². The Morgan fingerprint density at radius 1 is 1.22 bits per heavy atom. The molecule has 1 aliphatic rings. The highest BCUT2D eigenvalue weighted by Crippen LogP contribution is 2.27. The third-order valence-corrected chi connectivity index (χ3v) is 2.72. The van der Waals surface area contributed by atoms with Crippen LogP contribution in [0.3, 0.4) is 0 Å². The van der Waals surface area contributed by atoms with E-state index in [-0.39, 0.29) is 6.61 Å². The van der Waals surface area contributed by atoms with Crippen molar-refractivity contribution in [3.63, 3.8) is 0 Å². The summed E-state index contributed by atoms with van der Waals surface area (Å²) >= 11 is 0. The van der Waals surface area contributed by atoms with Crippen molar-refractivity contribution >= 4 is 17.3 Å². The lowest BCUT2D eigenvalue weighted by molar-refractivity contribution is 0.282. The molecule has 0 aliphatic carbocycles. The Labute approximate surface area is 103 Å². The minimum Gasteiger partial charge on any atom is -0.392 e. The molecule has 2 aromatic rings. The van der Waals surface area contributed by atoms with Gasteiger partial charge in [-0.2, -0.15) is 0 Å². The molecule has 0 spiro atoms. The monoisotopic (exact) mass is 240 g/mol. The summed E-state index contributed by atoms with van der Waals surface area (Å²) in [5, 5.41) is 13.2. The predicted octanol–water partition coefficient (Wildman–Crippen LogP) is 0.553. The first kappa shape index (κ1) is 10.7. The third kappa shape index (κ3) is 1.59. The van der Waals surface area contributed by atoms with Crippen molar-refractivity contribution in [2.45, 2.75) is 6.61 Å². The molecule has 1 aromatic heterocycles. The Morgan fingerprint density at radius 3 is 2.94 bits per heavy atom. The van der Waals surface area contributed by atoms with Gasteiger partial charge in [0.05, 0.1) is 12.2 Å². The molecule has 89 valence electrons. The number of benzene rings is 1. The number of aliphatic hydroxyl groups excluding tert-OH is 1. The number of nitrogen functional groups attached to an aromatic ring is 1. The first-order valence-electron chi connectivity index (χ1n) is 5.39. The molecule has 3 N–H and O–H groups in total. The van der Waals surface area contributed by atoms with Crippen LogP contribution in [-0.2, 0) is 6.61 Å². The fraction of sp³-hybridized carbons (Fsp3) is 0.0833. The molecule has 0 unspecified atom stereocenters. The second-order valence-electron chi connectivity index (χ2n) is 3.86. The van der Waals surface area contributed by atoms with Crippen LogP contribution in [0.2, 0.25) is 0 Å². The summed E-state index contributed by atoms with van der Waals surface area (Å²) in [6.07, 6.45) is 1.36. The van der Waals surface area contributed by atoms with E-state index in [2.05, 4.69) is 20.5 Å². The van der Waals surface area contributed by atoms with Crippen LogP contribution in [-0.4, -0.2) is 20.8 Å². The lowest BCUT2D eigenvalue weighted by Crippen LogP contribution is -2.06. The first-order valence-corrected chi connectivity index (χ1v) is 5.39. The molecule has 6 nitrogen and oxygen atoms in total. The lowest BCUT2D eigenvalue weighted by atomic mass is 10.0. The second-order valence-corrected chi connectivity index (χ2v) is 3.86. The van der Waals surface area contributed by atoms with Gasteiger partial charge in [-0.05, 0) is 11.6 Å². The number of nitrogens with two attached hydrogens (primary N) is 1. The Morgan fingerprint density at radius 2 is 2.11 bits per heavy atom. The molecule has 18 heavy (non-hydrogen) atoms. The SMILES string of the molecule is Nc1ncnc2c1C(c1cccc(CO)c1)=N[N]2. The molecule has 0 saturated heterocycles. The van der Waals surface area contributed by atoms with E-state index in [1.54, 1.807) is 0 Å². The maximum atomic E-state index is 9.14. The average molecular weight is 240 g/mol. The molecule has 1 aromatic carbocycles. The van der Waals surface area contributed by atoms with Crippen LogP contribution in [0.15, 0.2) is 35.7 Å². The number of aromatic nitrogens is 2. The zero-order chi connectivity index (χ0) is 12.5. The summed E-state index contributed by atoms with van der Waals surface area (Å²) in [4.78, 5) is 7.96. The van der Waals surface area contributed by atoms with Gasteiger partial charge in [-0.3, -0.25) is 0 Å². The standard InChI is InChI=1S/C12H10N5O/c13-11-9-10(16-17-12(9)15-6-14-11)8-3-1-2-7(4-8)5-18/h1-4,6,18H,5H2,(H2,13,14,15). The fourth-order valence-electron chi connectivity index (χ4n) is 1.86. The van der Waals surface area contributed by atoms with Gasteiger partial charge in [0.15, 0.2) is 5.82 Å². The van der Waals surface area contributed by atoms with Crippen LogP contribution >= 0.6 is 0 Å². The Balaban J connectivity index is 2.11. The molecule has 0 bridgehead atoms. The molecule has 3 rings (SSSR count). The minimum atomic E-state index is -0.0219. The van der Waals surface area contributed by atoms with Crippen LogP contribution < -0.4 is 11.2 Å². The van der Waals surface area contributed by atoms with Crippen molar-refractivity contribution in [2.24, 2.45) is 5.10 Å². The van der Waals surface area contributed by atoms with Crippen LogP contribution in [0, 0.1) is 0 Å². The van der Waals surface area contributed by atoms with E-state index in [1.807, 2.05) is 24.3 Å². The zero-order valence-electron chi connectivity index (χ0n) is 9.41. The Bertz CT molecular complexity index is 638. The Hall–Kier alpha value is -2.47. The van der Waals surface area contributed by atoms with Crippen molar-refractivity contribution in [1.82, 2.24) is 15.4 Å². The van der Waals surface area contributed by atoms with Crippen molar-refractivity contribution in [3.05, 3.63) is 47.3 Å². The van der Waals surface area contributed by atoms with E-state index in [1.165, 1.54) is 6.33 Å². The number of aliphatic hydroxyl groups is 1. The number of rotatable bonds is 2. The molecule has 0 saturated carbocycles. The predicted molar refractivity (Wildman–Crippen MR) is 66.2 cm³/mol.